The fraction of sp³-hybridized carbons (Fsp3) is 0. The first-order valence-corrected chi connectivity index (χ1v) is 6.62. The number of phenolic OH excluding ortho intramolecular Hbond substituents is 1. The highest BCUT2D eigenvalue weighted by Crippen LogP contribution is 2.35. The van der Waals surface area contributed by atoms with E-state index in [-0.39, 0.29) is 16.7 Å². The molecule has 0 bridgehead atoms. The van der Waals surface area contributed by atoms with Gasteiger partial charge in [-0.05, 0) is 35.9 Å². The molecule has 2 aromatic carbocycles. The van der Waals surface area contributed by atoms with Gasteiger partial charge in [-0.25, -0.2) is 0 Å². The monoisotopic (exact) mass is 305 g/mol. The topological polar surface area (TPSA) is 49.3 Å². The number of amides is 1. The summed E-state index contributed by atoms with van der Waals surface area (Å²) in [5.74, 6) is -0.177. The number of hydrogen-bond acceptors (Lipinski definition) is 2. The van der Waals surface area contributed by atoms with Gasteiger partial charge in [0.15, 0.2) is 0 Å². The molecular formula is C15H9Cl2NO2. The van der Waals surface area contributed by atoms with Crippen molar-refractivity contribution in [1.29, 1.82) is 0 Å². The summed E-state index contributed by atoms with van der Waals surface area (Å²) in [5, 5.41) is 13.0. The SMILES string of the molecule is O=C1Nc2cc(Cl)ccc2C1=Cc1ccc(O)c(Cl)c1. The maximum atomic E-state index is 12.0. The van der Waals surface area contributed by atoms with Gasteiger partial charge in [-0.15, -0.1) is 0 Å². The molecule has 3 nitrogen and oxygen atoms in total. The number of rotatable bonds is 1. The lowest BCUT2D eigenvalue weighted by Crippen LogP contribution is -2.03. The lowest BCUT2D eigenvalue weighted by Gasteiger charge is -2.01. The summed E-state index contributed by atoms with van der Waals surface area (Å²) in [4.78, 5) is 12.0. The Balaban J connectivity index is 2.08. The Morgan fingerprint density at radius 1 is 1.10 bits per heavy atom. The number of halogens is 2. The molecular weight excluding hydrogens is 297 g/mol. The highest BCUT2D eigenvalue weighted by Gasteiger charge is 2.24. The van der Waals surface area contributed by atoms with Crippen molar-refractivity contribution in [2.24, 2.45) is 0 Å². The van der Waals surface area contributed by atoms with E-state index in [0.29, 0.717) is 16.3 Å². The zero-order valence-corrected chi connectivity index (χ0v) is 11.7. The minimum atomic E-state index is -0.188. The van der Waals surface area contributed by atoms with E-state index >= 15 is 0 Å². The van der Waals surface area contributed by atoms with Crippen molar-refractivity contribution >= 4 is 46.4 Å². The van der Waals surface area contributed by atoms with Crippen LogP contribution in [0.1, 0.15) is 11.1 Å². The predicted octanol–water partition coefficient (Wildman–Crippen LogP) is 4.19. The molecule has 0 spiro atoms. The van der Waals surface area contributed by atoms with Crippen LogP contribution in [0.3, 0.4) is 0 Å². The lowest BCUT2D eigenvalue weighted by molar-refractivity contribution is -0.110. The number of nitrogens with one attached hydrogen (secondary N) is 1. The standard InChI is InChI=1S/C15H9Cl2NO2/c16-9-2-3-10-11(15(20)18-13(10)7-9)5-8-1-4-14(19)12(17)6-8/h1-7,19H,(H,18,20). The first-order chi connectivity index (χ1) is 9.54. The molecule has 5 heteroatoms. The maximum Gasteiger partial charge on any atom is 0.256 e. The highest BCUT2D eigenvalue weighted by molar-refractivity contribution is 6.37. The van der Waals surface area contributed by atoms with Crippen LogP contribution in [0.2, 0.25) is 10.0 Å². The second-order valence-corrected chi connectivity index (χ2v) is 5.26. The van der Waals surface area contributed by atoms with Crippen molar-refractivity contribution in [2.45, 2.75) is 0 Å². The van der Waals surface area contributed by atoms with Crippen molar-refractivity contribution < 1.29 is 9.90 Å². The number of fused-ring (bicyclic) bond motifs is 1. The molecule has 0 aliphatic carbocycles. The molecule has 1 aliphatic heterocycles. The van der Waals surface area contributed by atoms with Gasteiger partial charge in [-0.1, -0.05) is 35.3 Å². The molecule has 0 saturated carbocycles. The van der Waals surface area contributed by atoms with E-state index in [1.165, 1.54) is 6.07 Å². The second kappa shape index (κ2) is 4.85. The van der Waals surface area contributed by atoms with Gasteiger partial charge in [0.05, 0.1) is 10.7 Å². The molecule has 3 rings (SSSR count). The van der Waals surface area contributed by atoms with Crippen LogP contribution in [0.25, 0.3) is 11.6 Å². The third-order valence-corrected chi connectivity index (χ3v) is 3.59. The molecule has 0 radical (unpaired) electrons. The normalized spacial score (nSPS) is 15.3. The van der Waals surface area contributed by atoms with Crippen molar-refractivity contribution in [2.75, 3.05) is 5.32 Å². The fourth-order valence-electron chi connectivity index (χ4n) is 2.09. The average molecular weight is 306 g/mol. The van der Waals surface area contributed by atoms with Crippen LogP contribution in [-0.2, 0) is 4.79 Å². The highest BCUT2D eigenvalue weighted by atomic mass is 35.5. The fourth-order valence-corrected chi connectivity index (χ4v) is 2.45. The molecule has 1 aliphatic rings. The molecule has 100 valence electrons. The zero-order chi connectivity index (χ0) is 14.3. The summed E-state index contributed by atoms with van der Waals surface area (Å²) in [5.41, 5.74) is 2.77. The molecule has 2 N–H and O–H groups in total. The lowest BCUT2D eigenvalue weighted by atomic mass is 10.0. The largest absolute Gasteiger partial charge is 0.506 e. The first-order valence-electron chi connectivity index (χ1n) is 5.86. The van der Waals surface area contributed by atoms with E-state index in [4.69, 9.17) is 23.2 Å². The van der Waals surface area contributed by atoms with Crippen LogP contribution in [0.5, 0.6) is 5.75 Å². The number of anilines is 1. The number of phenols is 1. The Bertz CT molecular complexity index is 754. The third kappa shape index (κ3) is 2.26. The van der Waals surface area contributed by atoms with Gasteiger partial charge in [-0.3, -0.25) is 4.79 Å². The van der Waals surface area contributed by atoms with Gasteiger partial charge in [0.1, 0.15) is 5.75 Å². The summed E-state index contributed by atoms with van der Waals surface area (Å²) in [7, 11) is 0. The summed E-state index contributed by atoms with van der Waals surface area (Å²) in [6.07, 6.45) is 1.72. The van der Waals surface area contributed by atoms with Gasteiger partial charge < -0.3 is 10.4 Å². The number of hydrogen-bond donors (Lipinski definition) is 2. The van der Waals surface area contributed by atoms with Crippen molar-refractivity contribution in [1.82, 2.24) is 0 Å². The Hall–Kier alpha value is -1.97. The Morgan fingerprint density at radius 2 is 1.90 bits per heavy atom. The molecule has 0 unspecified atom stereocenters. The van der Waals surface area contributed by atoms with Crippen molar-refractivity contribution in [3.63, 3.8) is 0 Å². The van der Waals surface area contributed by atoms with Gasteiger partial charge in [0.2, 0.25) is 0 Å². The van der Waals surface area contributed by atoms with Crippen LogP contribution >= 0.6 is 23.2 Å². The molecule has 0 atom stereocenters. The summed E-state index contributed by atoms with van der Waals surface area (Å²) >= 11 is 11.8. The van der Waals surface area contributed by atoms with Crippen LogP contribution < -0.4 is 5.32 Å². The van der Waals surface area contributed by atoms with E-state index in [9.17, 15) is 9.90 Å². The van der Waals surface area contributed by atoms with E-state index in [0.717, 1.165) is 11.1 Å². The molecule has 0 fully saturated rings. The van der Waals surface area contributed by atoms with Gasteiger partial charge in [0.25, 0.3) is 5.91 Å². The van der Waals surface area contributed by atoms with E-state index in [2.05, 4.69) is 5.32 Å². The van der Waals surface area contributed by atoms with Crippen molar-refractivity contribution in [3.8, 4) is 5.75 Å². The van der Waals surface area contributed by atoms with Gasteiger partial charge in [-0.2, -0.15) is 0 Å². The molecule has 1 amide bonds. The Morgan fingerprint density at radius 3 is 2.65 bits per heavy atom. The summed E-state index contributed by atoms with van der Waals surface area (Å²) < 4.78 is 0. The Labute approximate surface area is 125 Å². The number of carbonyl (C=O) groups is 1. The molecule has 1 heterocycles. The quantitative estimate of drug-likeness (QED) is 0.776. The van der Waals surface area contributed by atoms with E-state index in [1.807, 2.05) is 0 Å². The zero-order valence-electron chi connectivity index (χ0n) is 10.2. The van der Waals surface area contributed by atoms with Crippen LogP contribution in [-0.4, -0.2) is 11.0 Å². The van der Waals surface area contributed by atoms with Crippen LogP contribution in [0.4, 0.5) is 5.69 Å². The number of aromatic hydroxyl groups is 1. The first kappa shape index (κ1) is 13.0. The second-order valence-electron chi connectivity index (χ2n) is 4.41. The van der Waals surface area contributed by atoms with Crippen molar-refractivity contribution in [3.05, 3.63) is 57.6 Å². The van der Waals surface area contributed by atoms with Crippen LogP contribution in [0, 0.1) is 0 Å². The van der Waals surface area contributed by atoms with E-state index < -0.39 is 0 Å². The number of benzene rings is 2. The minimum absolute atomic E-state index is 0.0110. The molecule has 0 saturated heterocycles. The minimum Gasteiger partial charge on any atom is -0.506 e. The number of carbonyl (C=O) groups excluding carboxylic acids is 1. The molecule has 20 heavy (non-hydrogen) atoms. The molecule has 0 aromatic heterocycles. The predicted molar refractivity (Wildman–Crippen MR) is 81.1 cm³/mol. The maximum absolute atomic E-state index is 12.0. The van der Waals surface area contributed by atoms with E-state index in [1.54, 1.807) is 36.4 Å². The average Bonchev–Trinajstić information content (AvgIpc) is 2.69. The summed E-state index contributed by atoms with van der Waals surface area (Å²) in [6.45, 7) is 0. The van der Waals surface area contributed by atoms with Gasteiger partial charge in [0, 0.05) is 16.2 Å². The molecule has 2 aromatic rings. The van der Waals surface area contributed by atoms with Gasteiger partial charge >= 0.3 is 0 Å². The smallest absolute Gasteiger partial charge is 0.256 e. The third-order valence-electron chi connectivity index (χ3n) is 3.05. The van der Waals surface area contributed by atoms with Crippen LogP contribution in [0.15, 0.2) is 36.4 Å². The summed E-state index contributed by atoms with van der Waals surface area (Å²) in [6, 6.07) is 10.0. The Kier molecular flexibility index (Phi) is 3.16.